The number of likely N-dealkylation sites (N-methyl/N-ethyl adjacent to an activating group) is 1. The fourth-order valence-electron chi connectivity index (χ4n) is 1.72. The molecule has 1 fully saturated rings. The summed E-state index contributed by atoms with van der Waals surface area (Å²) in [6.07, 6.45) is 3.67. The van der Waals surface area contributed by atoms with Crippen LogP contribution in [0.5, 0.6) is 0 Å². The molecule has 0 radical (unpaired) electrons. The number of hydrogen-bond acceptors (Lipinski definition) is 5. The number of aromatic nitrogens is 2. The first-order chi connectivity index (χ1) is 9.97. The van der Waals surface area contributed by atoms with Gasteiger partial charge >= 0.3 is 0 Å². The first kappa shape index (κ1) is 16.0. The van der Waals surface area contributed by atoms with E-state index in [2.05, 4.69) is 31.7 Å². The summed E-state index contributed by atoms with van der Waals surface area (Å²) in [5.74, 6) is -0.0683. The van der Waals surface area contributed by atoms with Gasteiger partial charge in [0.2, 0.25) is 5.91 Å². The third-order valence-corrected chi connectivity index (χ3v) is 3.89. The Bertz CT molecular complexity index is 568. The second-order valence-corrected chi connectivity index (χ2v) is 6.19. The van der Waals surface area contributed by atoms with Crippen LogP contribution >= 0.6 is 15.9 Å². The molecule has 1 aliphatic rings. The number of rotatable bonds is 7. The number of nitrogens with zero attached hydrogens (tertiary/aromatic N) is 3. The Balaban J connectivity index is 1.95. The van der Waals surface area contributed by atoms with Gasteiger partial charge in [-0.1, -0.05) is 0 Å². The topological polar surface area (TPSA) is 79.3 Å². The minimum Gasteiger partial charge on any atom is -0.374 e. The van der Waals surface area contributed by atoms with Crippen LogP contribution in [-0.4, -0.2) is 53.8 Å². The van der Waals surface area contributed by atoms with Crippen molar-refractivity contribution in [2.75, 3.05) is 32.5 Å². The van der Waals surface area contributed by atoms with E-state index in [0.717, 1.165) is 19.4 Å². The molecule has 0 aliphatic heterocycles. The fraction of sp³-hybridized carbons (Fsp3) is 0.615. The number of anilines is 1. The number of halogens is 1. The smallest absolute Gasteiger partial charge is 0.283 e. The van der Waals surface area contributed by atoms with E-state index in [9.17, 15) is 9.59 Å². The number of carbonyl (C=O) groups is 1. The molecular formula is C13H20BrN5O2. The predicted octanol–water partition coefficient (Wildman–Crippen LogP) is 0.258. The van der Waals surface area contributed by atoms with Crippen molar-refractivity contribution in [3.05, 3.63) is 21.0 Å². The molecule has 1 saturated carbocycles. The maximum absolute atomic E-state index is 12.1. The monoisotopic (exact) mass is 357 g/mol. The van der Waals surface area contributed by atoms with Crippen LogP contribution in [0.4, 0.5) is 5.69 Å². The van der Waals surface area contributed by atoms with Crippen molar-refractivity contribution in [1.29, 1.82) is 0 Å². The second kappa shape index (κ2) is 7.04. The summed E-state index contributed by atoms with van der Waals surface area (Å²) in [5.41, 5.74) is 0.330. The predicted molar refractivity (Wildman–Crippen MR) is 84.4 cm³/mol. The van der Waals surface area contributed by atoms with Gasteiger partial charge in [-0.05, 0) is 42.9 Å². The first-order valence-electron chi connectivity index (χ1n) is 6.91. The molecule has 21 heavy (non-hydrogen) atoms. The zero-order valence-electron chi connectivity index (χ0n) is 12.2. The number of carbonyl (C=O) groups excluding carboxylic acids is 1. The van der Waals surface area contributed by atoms with Gasteiger partial charge in [0.25, 0.3) is 5.56 Å². The van der Waals surface area contributed by atoms with Crippen molar-refractivity contribution in [1.82, 2.24) is 20.0 Å². The van der Waals surface area contributed by atoms with Gasteiger partial charge in [-0.25, -0.2) is 4.68 Å². The summed E-state index contributed by atoms with van der Waals surface area (Å²) in [6, 6.07) is 0.333. The van der Waals surface area contributed by atoms with E-state index >= 15 is 0 Å². The zero-order valence-corrected chi connectivity index (χ0v) is 13.8. The van der Waals surface area contributed by atoms with Crippen molar-refractivity contribution in [2.24, 2.45) is 0 Å². The molecule has 0 spiro atoms. The molecule has 0 bridgehead atoms. The lowest BCUT2D eigenvalue weighted by Crippen LogP contribution is -2.33. The molecule has 2 N–H and O–H groups in total. The van der Waals surface area contributed by atoms with E-state index in [1.165, 1.54) is 4.68 Å². The Labute approximate surface area is 131 Å². The van der Waals surface area contributed by atoms with Gasteiger partial charge in [-0.3, -0.25) is 9.59 Å². The standard InChI is InChI=1S/C13H20BrN5O2/c1-18(2)5-6-19-13(21)12(14)10(7-16-19)15-8-11(20)17-9-3-4-9/h7,9,15H,3-6,8H2,1-2H3,(H,17,20). The third-order valence-electron chi connectivity index (χ3n) is 3.13. The summed E-state index contributed by atoms with van der Waals surface area (Å²) in [7, 11) is 3.88. The van der Waals surface area contributed by atoms with Crippen LogP contribution < -0.4 is 16.2 Å². The highest BCUT2D eigenvalue weighted by Gasteiger charge is 2.23. The third kappa shape index (κ3) is 4.82. The molecule has 0 saturated heterocycles. The molecule has 116 valence electrons. The van der Waals surface area contributed by atoms with Crippen molar-refractivity contribution in [3.8, 4) is 0 Å². The summed E-state index contributed by atoms with van der Waals surface area (Å²) >= 11 is 3.27. The van der Waals surface area contributed by atoms with Gasteiger partial charge in [-0.2, -0.15) is 5.10 Å². The Morgan fingerprint density at radius 2 is 2.24 bits per heavy atom. The summed E-state index contributed by atoms with van der Waals surface area (Å²) in [4.78, 5) is 25.7. The number of hydrogen-bond donors (Lipinski definition) is 2. The zero-order chi connectivity index (χ0) is 15.4. The van der Waals surface area contributed by atoms with E-state index in [1.807, 2.05) is 19.0 Å². The lowest BCUT2D eigenvalue weighted by atomic mass is 10.4. The molecule has 1 aromatic rings. The molecule has 0 aromatic carbocycles. The minimum absolute atomic E-state index is 0.0683. The lowest BCUT2D eigenvalue weighted by Gasteiger charge is -2.12. The van der Waals surface area contributed by atoms with Gasteiger partial charge in [0.1, 0.15) is 4.47 Å². The van der Waals surface area contributed by atoms with Crippen molar-refractivity contribution in [2.45, 2.75) is 25.4 Å². The molecule has 2 rings (SSSR count). The number of nitrogens with one attached hydrogen (secondary N) is 2. The molecule has 1 heterocycles. The van der Waals surface area contributed by atoms with E-state index in [4.69, 9.17) is 0 Å². The average molecular weight is 358 g/mol. The molecule has 0 atom stereocenters. The highest BCUT2D eigenvalue weighted by molar-refractivity contribution is 9.10. The van der Waals surface area contributed by atoms with E-state index in [1.54, 1.807) is 6.20 Å². The largest absolute Gasteiger partial charge is 0.374 e. The van der Waals surface area contributed by atoms with Crippen LogP contribution in [0, 0.1) is 0 Å². The minimum atomic E-state index is -0.204. The molecule has 1 amide bonds. The Kier molecular flexibility index (Phi) is 5.35. The molecule has 1 aromatic heterocycles. The average Bonchev–Trinajstić information content (AvgIpc) is 3.23. The van der Waals surface area contributed by atoms with Crippen LogP contribution in [0.25, 0.3) is 0 Å². The van der Waals surface area contributed by atoms with Crippen LogP contribution in [0.15, 0.2) is 15.5 Å². The summed E-state index contributed by atoms with van der Waals surface area (Å²) in [6.45, 7) is 1.39. The normalized spacial score (nSPS) is 14.3. The van der Waals surface area contributed by atoms with E-state index in [-0.39, 0.29) is 18.0 Å². The lowest BCUT2D eigenvalue weighted by molar-refractivity contribution is -0.119. The van der Waals surface area contributed by atoms with E-state index < -0.39 is 0 Å². The maximum atomic E-state index is 12.1. The van der Waals surface area contributed by atoms with Gasteiger partial charge in [0, 0.05) is 12.6 Å². The molecule has 8 heteroatoms. The second-order valence-electron chi connectivity index (χ2n) is 5.40. The Hall–Kier alpha value is -1.41. The van der Waals surface area contributed by atoms with Crippen LogP contribution in [0.1, 0.15) is 12.8 Å². The highest BCUT2D eigenvalue weighted by atomic mass is 79.9. The maximum Gasteiger partial charge on any atom is 0.283 e. The Morgan fingerprint density at radius 3 is 2.86 bits per heavy atom. The first-order valence-corrected chi connectivity index (χ1v) is 7.70. The van der Waals surface area contributed by atoms with Gasteiger partial charge < -0.3 is 15.5 Å². The van der Waals surface area contributed by atoms with Gasteiger partial charge in [0.05, 0.1) is 25.0 Å². The van der Waals surface area contributed by atoms with Crippen molar-refractivity contribution >= 4 is 27.5 Å². The quantitative estimate of drug-likeness (QED) is 0.731. The highest BCUT2D eigenvalue weighted by Crippen LogP contribution is 2.19. The Morgan fingerprint density at radius 1 is 1.52 bits per heavy atom. The van der Waals surface area contributed by atoms with Crippen LogP contribution in [0.2, 0.25) is 0 Å². The molecule has 1 aliphatic carbocycles. The fourth-order valence-corrected chi connectivity index (χ4v) is 2.17. The van der Waals surface area contributed by atoms with Crippen LogP contribution in [-0.2, 0) is 11.3 Å². The molecule has 0 unspecified atom stereocenters. The summed E-state index contributed by atoms with van der Waals surface area (Å²) in [5, 5.41) is 9.93. The van der Waals surface area contributed by atoms with E-state index in [0.29, 0.717) is 22.7 Å². The van der Waals surface area contributed by atoms with Gasteiger partial charge in [-0.15, -0.1) is 0 Å². The van der Waals surface area contributed by atoms with Gasteiger partial charge in [0.15, 0.2) is 0 Å². The van der Waals surface area contributed by atoms with Crippen LogP contribution in [0.3, 0.4) is 0 Å². The molecular weight excluding hydrogens is 338 g/mol. The number of amides is 1. The van der Waals surface area contributed by atoms with Crippen molar-refractivity contribution in [3.63, 3.8) is 0 Å². The molecule has 7 nitrogen and oxygen atoms in total. The van der Waals surface area contributed by atoms with Crippen molar-refractivity contribution < 1.29 is 4.79 Å². The summed E-state index contributed by atoms with van der Waals surface area (Å²) < 4.78 is 1.80. The SMILES string of the molecule is CN(C)CCn1ncc(NCC(=O)NC2CC2)c(Br)c1=O.